The number of hydrogen-bond acceptors (Lipinski definition) is 4. The van der Waals surface area contributed by atoms with Crippen molar-refractivity contribution in [1.29, 1.82) is 5.26 Å². The number of aromatic nitrogens is 1. The highest BCUT2D eigenvalue weighted by Crippen LogP contribution is 2.44. The zero-order valence-corrected chi connectivity index (χ0v) is 8.34. The molecule has 2 aliphatic rings. The summed E-state index contributed by atoms with van der Waals surface area (Å²) in [5.41, 5.74) is 1.94. The molecule has 0 amide bonds. The van der Waals surface area contributed by atoms with Gasteiger partial charge in [-0.1, -0.05) is 0 Å². The van der Waals surface area contributed by atoms with E-state index >= 15 is 0 Å². The maximum atomic E-state index is 8.96. The maximum Gasteiger partial charge on any atom is 0.102 e. The van der Waals surface area contributed by atoms with Crippen molar-refractivity contribution in [3.05, 3.63) is 23.5 Å². The van der Waals surface area contributed by atoms with Crippen LogP contribution in [0.15, 0.2) is 17.3 Å². The summed E-state index contributed by atoms with van der Waals surface area (Å²) in [5, 5.41) is 13.1. The standard InChI is InChI=1S/C10H9N3S/c11-2-6-3-12-5-8-9-1-7(4-13-9)14-10(6)8/h3,5,7,9,13H,1,4H2/t7-,9-/m0/s1. The van der Waals surface area contributed by atoms with Crippen LogP contribution in [0.4, 0.5) is 0 Å². The minimum absolute atomic E-state index is 0.428. The second-order valence-corrected chi connectivity index (χ2v) is 4.96. The molecule has 3 nitrogen and oxygen atoms in total. The molecule has 0 saturated carbocycles. The minimum atomic E-state index is 0.428. The number of fused-ring (bicyclic) bond motifs is 4. The molecule has 2 atom stereocenters. The normalized spacial score (nSPS) is 28.2. The van der Waals surface area contributed by atoms with Crippen LogP contribution in [0.2, 0.25) is 0 Å². The summed E-state index contributed by atoms with van der Waals surface area (Å²) in [6.07, 6.45) is 4.73. The Bertz CT molecular complexity index is 424. The molecule has 1 N–H and O–H groups in total. The lowest BCUT2D eigenvalue weighted by Crippen LogP contribution is -2.13. The van der Waals surface area contributed by atoms with Gasteiger partial charge in [0.05, 0.1) is 5.56 Å². The van der Waals surface area contributed by atoms with E-state index in [1.807, 2.05) is 18.0 Å². The molecule has 14 heavy (non-hydrogen) atoms. The van der Waals surface area contributed by atoms with Crippen LogP contribution >= 0.6 is 11.8 Å². The minimum Gasteiger partial charge on any atom is -0.309 e. The summed E-state index contributed by atoms with van der Waals surface area (Å²) in [4.78, 5) is 5.26. The second-order valence-electron chi connectivity index (χ2n) is 3.65. The highest BCUT2D eigenvalue weighted by atomic mass is 32.2. The first-order valence-electron chi connectivity index (χ1n) is 4.66. The van der Waals surface area contributed by atoms with Crippen LogP contribution in [0.5, 0.6) is 0 Å². The van der Waals surface area contributed by atoms with E-state index in [0.29, 0.717) is 11.3 Å². The van der Waals surface area contributed by atoms with Crippen molar-refractivity contribution < 1.29 is 0 Å². The van der Waals surface area contributed by atoms with Crippen LogP contribution < -0.4 is 5.32 Å². The molecule has 2 bridgehead atoms. The summed E-state index contributed by atoms with van der Waals surface area (Å²) in [5.74, 6) is 0. The highest BCUT2D eigenvalue weighted by Gasteiger charge is 2.34. The molecular formula is C10H9N3S. The second kappa shape index (κ2) is 2.97. The zero-order valence-electron chi connectivity index (χ0n) is 7.53. The number of nitriles is 1. The van der Waals surface area contributed by atoms with Gasteiger partial charge in [-0.2, -0.15) is 5.26 Å². The van der Waals surface area contributed by atoms with Crippen LogP contribution in [0.1, 0.15) is 23.6 Å². The molecule has 1 aromatic heterocycles. The van der Waals surface area contributed by atoms with Crippen LogP contribution in [0, 0.1) is 11.3 Å². The highest BCUT2D eigenvalue weighted by molar-refractivity contribution is 8.00. The Labute approximate surface area is 86.5 Å². The van der Waals surface area contributed by atoms with Crippen LogP contribution in [-0.2, 0) is 0 Å². The predicted molar refractivity (Wildman–Crippen MR) is 54.0 cm³/mol. The third kappa shape index (κ3) is 1.06. The Morgan fingerprint density at radius 3 is 3.36 bits per heavy atom. The molecule has 4 heteroatoms. The third-order valence-electron chi connectivity index (χ3n) is 2.79. The average Bonchev–Trinajstić information content (AvgIpc) is 2.61. The van der Waals surface area contributed by atoms with Crippen molar-refractivity contribution in [2.24, 2.45) is 0 Å². The lowest BCUT2D eigenvalue weighted by molar-refractivity contribution is 0.629. The molecule has 3 rings (SSSR count). The average molecular weight is 203 g/mol. The monoisotopic (exact) mass is 203 g/mol. The molecular weight excluding hydrogens is 194 g/mol. The smallest absolute Gasteiger partial charge is 0.102 e. The van der Waals surface area contributed by atoms with Gasteiger partial charge in [-0.15, -0.1) is 11.8 Å². The third-order valence-corrected chi connectivity index (χ3v) is 4.18. The fourth-order valence-electron chi connectivity index (χ4n) is 2.12. The summed E-state index contributed by atoms with van der Waals surface area (Å²) in [7, 11) is 0. The lowest BCUT2D eigenvalue weighted by atomic mass is 10.1. The number of nitrogens with one attached hydrogen (secondary N) is 1. The quantitative estimate of drug-likeness (QED) is 0.693. The van der Waals surface area contributed by atoms with Gasteiger partial charge in [0.2, 0.25) is 0 Å². The number of nitrogens with zero attached hydrogens (tertiary/aromatic N) is 2. The number of pyridine rings is 1. The maximum absolute atomic E-state index is 8.96. The number of hydrogen-bond donors (Lipinski definition) is 1. The molecule has 0 radical (unpaired) electrons. The van der Waals surface area contributed by atoms with Gasteiger partial charge in [-0.05, 0) is 6.42 Å². The van der Waals surface area contributed by atoms with Crippen molar-refractivity contribution in [3.63, 3.8) is 0 Å². The van der Waals surface area contributed by atoms with Crippen LogP contribution in [-0.4, -0.2) is 16.8 Å². The first-order chi connectivity index (χ1) is 6.88. The van der Waals surface area contributed by atoms with E-state index in [9.17, 15) is 0 Å². The van der Waals surface area contributed by atoms with E-state index < -0.39 is 0 Å². The van der Waals surface area contributed by atoms with Gasteiger partial charge in [0.1, 0.15) is 6.07 Å². The Balaban J connectivity index is 2.18. The largest absolute Gasteiger partial charge is 0.309 e. The fraction of sp³-hybridized carbons (Fsp3) is 0.400. The van der Waals surface area contributed by atoms with Crippen molar-refractivity contribution in [2.75, 3.05) is 6.54 Å². The Morgan fingerprint density at radius 1 is 1.57 bits per heavy atom. The molecule has 70 valence electrons. The topological polar surface area (TPSA) is 48.7 Å². The van der Waals surface area contributed by atoms with Gasteiger partial charge in [0, 0.05) is 40.7 Å². The number of thioether (sulfide) groups is 1. The van der Waals surface area contributed by atoms with Crippen molar-refractivity contribution >= 4 is 11.8 Å². The van der Waals surface area contributed by atoms with Gasteiger partial charge < -0.3 is 5.32 Å². The number of rotatable bonds is 0. The molecule has 2 aliphatic heterocycles. The van der Waals surface area contributed by atoms with Crippen molar-refractivity contribution in [3.8, 4) is 6.07 Å². The molecule has 0 unspecified atom stereocenters. The van der Waals surface area contributed by atoms with E-state index in [1.54, 1.807) is 6.20 Å². The zero-order chi connectivity index (χ0) is 9.54. The van der Waals surface area contributed by atoms with E-state index in [1.165, 1.54) is 12.0 Å². The summed E-state index contributed by atoms with van der Waals surface area (Å²) < 4.78 is 0. The Kier molecular flexibility index (Phi) is 1.76. The summed E-state index contributed by atoms with van der Waals surface area (Å²) in [6.45, 7) is 1.05. The Morgan fingerprint density at radius 2 is 2.50 bits per heavy atom. The van der Waals surface area contributed by atoms with Crippen molar-refractivity contribution in [2.45, 2.75) is 22.6 Å². The molecule has 1 fully saturated rings. The van der Waals surface area contributed by atoms with E-state index in [-0.39, 0.29) is 0 Å². The van der Waals surface area contributed by atoms with Gasteiger partial charge in [0.15, 0.2) is 0 Å². The van der Waals surface area contributed by atoms with Gasteiger partial charge in [-0.3, -0.25) is 4.98 Å². The first kappa shape index (κ1) is 8.27. The molecule has 0 aromatic carbocycles. The molecule has 0 spiro atoms. The van der Waals surface area contributed by atoms with Gasteiger partial charge in [-0.25, -0.2) is 0 Å². The lowest BCUT2D eigenvalue weighted by Gasteiger charge is -2.21. The van der Waals surface area contributed by atoms with E-state index in [0.717, 1.165) is 17.0 Å². The summed E-state index contributed by atoms with van der Waals surface area (Å²) in [6, 6.07) is 2.64. The molecule has 0 aliphatic carbocycles. The van der Waals surface area contributed by atoms with Gasteiger partial charge in [0.25, 0.3) is 0 Å². The summed E-state index contributed by atoms with van der Waals surface area (Å²) >= 11 is 1.82. The predicted octanol–water partition coefficient (Wildman–Crippen LogP) is 1.46. The van der Waals surface area contributed by atoms with Crippen molar-refractivity contribution in [1.82, 2.24) is 10.3 Å². The van der Waals surface area contributed by atoms with Crippen LogP contribution in [0.3, 0.4) is 0 Å². The molecule has 1 saturated heterocycles. The molecule has 3 heterocycles. The first-order valence-corrected chi connectivity index (χ1v) is 5.54. The Hall–Kier alpha value is -1.05. The van der Waals surface area contributed by atoms with Gasteiger partial charge >= 0.3 is 0 Å². The fourth-order valence-corrected chi connectivity index (χ4v) is 3.48. The van der Waals surface area contributed by atoms with E-state index in [2.05, 4.69) is 16.4 Å². The molecule has 1 aromatic rings. The SMILES string of the molecule is N#Cc1cncc2c1S[C@@H]1CN[C@H]2C1. The van der Waals surface area contributed by atoms with Crippen LogP contribution in [0.25, 0.3) is 0 Å². The van der Waals surface area contributed by atoms with E-state index in [4.69, 9.17) is 5.26 Å².